The molecular weight excluding hydrogens is 254 g/mol. The van der Waals surface area contributed by atoms with Crippen molar-refractivity contribution in [2.75, 3.05) is 19.6 Å². The van der Waals surface area contributed by atoms with Gasteiger partial charge in [-0.05, 0) is 39.3 Å². The van der Waals surface area contributed by atoms with Crippen LogP contribution in [0.1, 0.15) is 31.7 Å². The van der Waals surface area contributed by atoms with Gasteiger partial charge in [-0.2, -0.15) is 0 Å². The molecule has 0 amide bonds. The number of nitro groups is 1. The molecule has 1 aliphatic rings. The fourth-order valence-corrected chi connectivity index (χ4v) is 3.00. The first-order chi connectivity index (χ1) is 9.57. The molecule has 1 aromatic carbocycles. The first-order valence-electron chi connectivity index (χ1n) is 7.24. The predicted octanol–water partition coefficient (Wildman–Crippen LogP) is 2.34. The summed E-state index contributed by atoms with van der Waals surface area (Å²) in [5, 5.41) is 11.1. The van der Waals surface area contributed by atoms with Gasteiger partial charge in [0.05, 0.1) is 4.92 Å². The molecule has 1 saturated heterocycles. The number of nitro benzene ring substituents is 1. The lowest BCUT2D eigenvalue weighted by molar-refractivity contribution is -0.385. The highest BCUT2D eigenvalue weighted by Gasteiger charge is 2.33. The third-order valence-electron chi connectivity index (χ3n) is 4.32. The van der Waals surface area contributed by atoms with Gasteiger partial charge < -0.3 is 5.73 Å². The maximum Gasteiger partial charge on any atom is 0.272 e. The Hall–Kier alpha value is -1.46. The highest BCUT2D eigenvalue weighted by atomic mass is 16.6. The maximum atomic E-state index is 11.1. The molecule has 1 fully saturated rings. The Morgan fingerprint density at radius 2 is 1.95 bits per heavy atom. The van der Waals surface area contributed by atoms with E-state index < -0.39 is 0 Å². The van der Waals surface area contributed by atoms with Crippen molar-refractivity contribution in [3.05, 3.63) is 39.9 Å². The number of likely N-dealkylation sites (tertiary alicyclic amines) is 1. The summed E-state index contributed by atoms with van der Waals surface area (Å²) >= 11 is 0. The third-order valence-corrected chi connectivity index (χ3v) is 4.32. The average Bonchev–Trinajstić information content (AvgIpc) is 2.48. The quantitative estimate of drug-likeness (QED) is 0.662. The summed E-state index contributed by atoms with van der Waals surface area (Å²) in [6, 6.07) is 6.98. The van der Waals surface area contributed by atoms with E-state index in [9.17, 15) is 10.1 Å². The monoisotopic (exact) mass is 277 g/mol. The van der Waals surface area contributed by atoms with Crippen LogP contribution < -0.4 is 5.73 Å². The number of hydrogen-bond donors (Lipinski definition) is 1. The van der Waals surface area contributed by atoms with Gasteiger partial charge in [0.1, 0.15) is 0 Å². The van der Waals surface area contributed by atoms with E-state index in [-0.39, 0.29) is 16.1 Å². The Labute approximate surface area is 119 Å². The normalized spacial score (nSPS) is 19.5. The summed E-state index contributed by atoms with van der Waals surface area (Å²) < 4.78 is 0. The van der Waals surface area contributed by atoms with Gasteiger partial charge in [-0.1, -0.05) is 24.6 Å². The highest BCUT2D eigenvalue weighted by molar-refractivity contribution is 5.41. The first kappa shape index (κ1) is 14.9. The van der Waals surface area contributed by atoms with Crippen molar-refractivity contribution in [2.24, 2.45) is 5.73 Å². The summed E-state index contributed by atoms with van der Waals surface area (Å²) in [6.07, 6.45) is 4.27. The largest absolute Gasteiger partial charge is 0.329 e. The van der Waals surface area contributed by atoms with Gasteiger partial charge >= 0.3 is 0 Å². The Balaban J connectivity index is 2.23. The minimum Gasteiger partial charge on any atom is -0.329 e. The van der Waals surface area contributed by atoms with Crippen LogP contribution in [0.4, 0.5) is 5.69 Å². The smallest absolute Gasteiger partial charge is 0.272 e. The standard InChI is InChI=1S/C15H23N3O2/c1-15(12-16,17-9-5-2-6-10-17)11-13-7-3-4-8-14(13)18(19)20/h3-4,7-8H,2,5-6,9-12,16H2,1H3. The van der Waals surface area contributed by atoms with Crippen molar-refractivity contribution in [3.63, 3.8) is 0 Å². The van der Waals surface area contributed by atoms with E-state index >= 15 is 0 Å². The molecule has 0 saturated carbocycles. The van der Waals surface area contributed by atoms with Crippen LogP contribution in [0.5, 0.6) is 0 Å². The predicted molar refractivity (Wildman–Crippen MR) is 79.7 cm³/mol. The zero-order valence-corrected chi connectivity index (χ0v) is 12.0. The first-order valence-corrected chi connectivity index (χ1v) is 7.24. The van der Waals surface area contributed by atoms with Gasteiger partial charge in [-0.3, -0.25) is 15.0 Å². The van der Waals surface area contributed by atoms with Gasteiger partial charge in [0.15, 0.2) is 0 Å². The summed E-state index contributed by atoms with van der Waals surface area (Å²) in [7, 11) is 0. The van der Waals surface area contributed by atoms with Crippen molar-refractivity contribution in [1.82, 2.24) is 4.90 Å². The van der Waals surface area contributed by atoms with E-state index in [2.05, 4.69) is 11.8 Å². The Morgan fingerprint density at radius 3 is 2.55 bits per heavy atom. The van der Waals surface area contributed by atoms with E-state index in [1.807, 2.05) is 12.1 Å². The van der Waals surface area contributed by atoms with Crippen molar-refractivity contribution in [3.8, 4) is 0 Å². The minimum atomic E-state index is -0.303. The van der Waals surface area contributed by atoms with Gasteiger partial charge in [0.25, 0.3) is 5.69 Å². The van der Waals surface area contributed by atoms with Crippen LogP contribution in [0.25, 0.3) is 0 Å². The molecule has 0 radical (unpaired) electrons. The molecule has 2 rings (SSSR count). The van der Waals surface area contributed by atoms with E-state index in [1.165, 1.54) is 19.3 Å². The Morgan fingerprint density at radius 1 is 1.30 bits per heavy atom. The SMILES string of the molecule is CC(CN)(Cc1ccccc1[N+](=O)[O-])N1CCCCC1. The topological polar surface area (TPSA) is 72.4 Å². The molecule has 0 aromatic heterocycles. The van der Waals surface area contributed by atoms with Gasteiger partial charge in [-0.15, -0.1) is 0 Å². The number of nitrogens with two attached hydrogens (primary N) is 1. The average molecular weight is 277 g/mol. The van der Waals surface area contributed by atoms with Crippen molar-refractivity contribution in [1.29, 1.82) is 0 Å². The second-order valence-electron chi connectivity index (χ2n) is 5.81. The second-order valence-corrected chi connectivity index (χ2v) is 5.81. The molecule has 1 unspecified atom stereocenters. The van der Waals surface area contributed by atoms with Crippen LogP contribution in [-0.2, 0) is 6.42 Å². The summed E-state index contributed by atoms with van der Waals surface area (Å²) in [5.41, 5.74) is 6.77. The lowest BCUT2D eigenvalue weighted by Gasteiger charge is -2.43. The van der Waals surface area contributed by atoms with Gasteiger partial charge in [0, 0.05) is 23.7 Å². The second kappa shape index (κ2) is 6.33. The van der Waals surface area contributed by atoms with E-state index in [4.69, 9.17) is 5.73 Å². The van der Waals surface area contributed by atoms with Crippen molar-refractivity contribution < 1.29 is 4.92 Å². The molecule has 0 spiro atoms. The number of para-hydroxylation sites is 1. The molecule has 1 aromatic rings. The van der Waals surface area contributed by atoms with Crippen molar-refractivity contribution >= 4 is 5.69 Å². The van der Waals surface area contributed by atoms with Crippen LogP contribution >= 0.6 is 0 Å². The molecule has 1 aliphatic heterocycles. The molecule has 110 valence electrons. The number of benzene rings is 1. The molecule has 5 heteroatoms. The van der Waals surface area contributed by atoms with Crippen LogP contribution in [-0.4, -0.2) is 35.0 Å². The molecule has 1 heterocycles. The van der Waals surface area contributed by atoms with Crippen LogP contribution in [0.2, 0.25) is 0 Å². The lowest BCUT2D eigenvalue weighted by atomic mass is 9.88. The number of piperidine rings is 1. The fraction of sp³-hybridized carbons (Fsp3) is 0.600. The fourth-order valence-electron chi connectivity index (χ4n) is 3.00. The van der Waals surface area contributed by atoms with Crippen molar-refractivity contribution in [2.45, 2.75) is 38.1 Å². The van der Waals surface area contributed by atoms with Crippen LogP contribution in [0.15, 0.2) is 24.3 Å². The molecule has 20 heavy (non-hydrogen) atoms. The molecule has 0 aliphatic carbocycles. The Bertz CT molecular complexity index is 472. The van der Waals surface area contributed by atoms with Gasteiger partial charge in [-0.25, -0.2) is 0 Å². The molecule has 2 N–H and O–H groups in total. The van der Waals surface area contributed by atoms with Crippen LogP contribution in [0.3, 0.4) is 0 Å². The summed E-state index contributed by atoms with van der Waals surface area (Å²) in [4.78, 5) is 13.2. The molecule has 5 nitrogen and oxygen atoms in total. The minimum absolute atomic E-state index is 0.198. The number of hydrogen-bond acceptors (Lipinski definition) is 4. The third kappa shape index (κ3) is 3.16. The Kier molecular flexibility index (Phi) is 4.73. The van der Waals surface area contributed by atoms with E-state index in [0.717, 1.165) is 18.7 Å². The summed E-state index contributed by atoms with van der Waals surface area (Å²) in [5.74, 6) is 0. The van der Waals surface area contributed by atoms with E-state index in [0.29, 0.717) is 13.0 Å². The molecular formula is C15H23N3O2. The van der Waals surface area contributed by atoms with Crippen LogP contribution in [0, 0.1) is 10.1 Å². The molecule has 1 atom stereocenters. The maximum absolute atomic E-state index is 11.1. The van der Waals surface area contributed by atoms with E-state index in [1.54, 1.807) is 12.1 Å². The number of nitrogens with zero attached hydrogens (tertiary/aromatic N) is 2. The van der Waals surface area contributed by atoms with Gasteiger partial charge in [0.2, 0.25) is 0 Å². The summed E-state index contributed by atoms with van der Waals surface area (Å²) in [6.45, 7) is 4.71. The number of rotatable bonds is 5. The lowest BCUT2D eigenvalue weighted by Crippen LogP contribution is -2.55. The highest BCUT2D eigenvalue weighted by Crippen LogP contribution is 2.28. The zero-order chi connectivity index (χ0) is 14.6. The molecule has 0 bridgehead atoms. The zero-order valence-electron chi connectivity index (χ0n) is 12.0.